The number of aromatic carboxylic acids is 1. The normalized spacial score (nSPS) is 18.8. The minimum atomic E-state index is -1.14. The molecular formula is C24H21N3O5. The number of ether oxygens (including phenoxy) is 3. The number of para-hydroxylation sites is 1. The number of nitrogens with zero attached hydrogens (tertiary/aromatic N) is 3. The first kappa shape index (κ1) is 19.9. The van der Waals surface area contributed by atoms with E-state index >= 15 is 0 Å². The van der Waals surface area contributed by atoms with E-state index in [1.165, 1.54) is 14.2 Å². The molecule has 3 aromatic rings. The lowest BCUT2D eigenvalue weighted by Gasteiger charge is -2.38. The van der Waals surface area contributed by atoms with Crippen molar-refractivity contribution in [3.05, 3.63) is 83.2 Å². The molecule has 5 rings (SSSR count). The third-order valence-corrected chi connectivity index (χ3v) is 5.72. The molecule has 2 aliphatic heterocycles. The second-order valence-corrected chi connectivity index (χ2v) is 7.44. The first-order valence-electron chi connectivity index (χ1n) is 10.1. The Hall–Kier alpha value is -4.07. The number of hydrazone groups is 1. The van der Waals surface area contributed by atoms with Crippen LogP contribution in [0, 0.1) is 0 Å². The van der Waals surface area contributed by atoms with Crippen molar-refractivity contribution in [2.75, 3.05) is 14.2 Å². The van der Waals surface area contributed by atoms with E-state index in [0.29, 0.717) is 23.5 Å². The summed E-state index contributed by atoms with van der Waals surface area (Å²) in [5.74, 6) is 0.0374. The van der Waals surface area contributed by atoms with Crippen molar-refractivity contribution >= 4 is 11.7 Å². The summed E-state index contributed by atoms with van der Waals surface area (Å²) in [5, 5.41) is 16.7. The van der Waals surface area contributed by atoms with Crippen molar-refractivity contribution in [3.8, 4) is 17.2 Å². The monoisotopic (exact) mass is 431 g/mol. The van der Waals surface area contributed by atoms with Gasteiger partial charge in [0.25, 0.3) is 0 Å². The highest BCUT2D eigenvalue weighted by molar-refractivity contribution is 6.00. The van der Waals surface area contributed by atoms with E-state index < -0.39 is 12.2 Å². The molecule has 0 bridgehead atoms. The van der Waals surface area contributed by atoms with Gasteiger partial charge in [-0.15, -0.1) is 0 Å². The molecule has 0 fully saturated rings. The van der Waals surface area contributed by atoms with Gasteiger partial charge in [-0.3, -0.25) is 4.98 Å². The van der Waals surface area contributed by atoms with Gasteiger partial charge in [-0.1, -0.05) is 24.3 Å². The molecule has 0 aliphatic carbocycles. The summed E-state index contributed by atoms with van der Waals surface area (Å²) in [5.41, 5.74) is 3.01. The predicted octanol–water partition coefficient (Wildman–Crippen LogP) is 4.04. The molecule has 0 saturated carbocycles. The molecule has 0 radical (unpaired) electrons. The van der Waals surface area contributed by atoms with Crippen molar-refractivity contribution in [1.82, 2.24) is 9.99 Å². The third kappa shape index (κ3) is 3.11. The maximum Gasteiger partial charge on any atom is 0.340 e. The summed E-state index contributed by atoms with van der Waals surface area (Å²) in [6.07, 6.45) is 1.60. The molecule has 0 saturated heterocycles. The topological polar surface area (TPSA) is 93.5 Å². The van der Waals surface area contributed by atoms with Crippen molar-refractivity contribution in [3.63, 3.8) is 0 Å². The quantitative estimate of drug-likeness (QED) is 0.652. The van der Waals surface area contributed by atoms with E-state index in [0.717, 1.165) is 17.0 Å². The molecule has 2 aromatic carbocycles. The molecule has 162 valence electrons. The standard InChI is InChI=1S/C24H21N3O5/c1-30-20-11-10-15(21(24(28)29)22(20)31-2)23-27-18(14-7-3-4-9-19(14)32-23)13-17(26-27)16-8-5-6-12-25-16/h3-12,18,23H,13H2,1-2H3,(H,28,29). The van der Waals surface area contributed by atoms with Crippen LogP contribution in [-0.4, -0.2) is 41.0 Å². The summed E-state index contributed by atoms with van der Waals surface area (Å²) >= 11 is 0. The van der Waals surface area contributed by atoms with Gasteiger partial charge in [0, 0.05) is 23.7 Å². The lowest BCUT2D eigenvalue weighted by molar-refractivity contribution is -0.0199. The highest BCUT2D eigenvalue weighted by Gasteiger charge is 2.43. The van der Waals surface area contributed by atoms with Gasteiger partial charge in [-0.25, -0.2) is 9.80 Å². The van der Waals surface area contributed by atoms with Crippen molar-refractivity contribution in [2.24, 2.45) is 5.10 Å². The molecule has 2 atom stereocenters. The van der Waals surface area contributed by atoms with Gasteiger partial charge in [0.05, 0.1) is 31.7 Å². The van der Waals surface area contributed by atoms with E-state index in [4.69, 9.17) is 19.3 Å². The van der Waals surface area contributed by atoms with E-state index in [1.54, 1.807) is 18.3 Å². The molecule has 8 nitrogen and oxygen atoms in total. The lowest BCUT2D eigenvalue weighted by Crippen LogP contribution is -2.34. The minimum absolute atomic E-state index is 0.0172. The molecule has 1 aromatic heterocycles. The fraction of sp³-hybridized carbons (Fsp3) is 0.208. The maximum atomic E-state index is 12.3. The van der Waals surface area contributed by atoms with Crippen LogP contribution in [-0.2, 0) is 0 Å². The number of hydrogen-bond donors (Lipinski definition) is 1. The van der Waals surface area contributed by atoms with Crippen molar-refractivity contribution in [1.29, 1.82) is 0 Å². The number of carboxylic acids is 1. The zero-order valence-corrected chi connectivity index (χ0v) is 17.6. The van der Waals surface area contributed by atoms with Crippen LogP contribution in [0.2, 0.25) is 0 Å². The number of carboxylic acid groups (broad SMARTS) is 1. The summed E-state index contributed by atoms with van der Waals surface area (Å²) in [7, 11) is 2.89. The molecule has 2 unspecified atom stereocenters. The van der Waals surface area contributed by atoms with Gasteiger partial charge in [0.15, 0.2) is 11.5 Å². The molecule has 32 heavy (non-hydrogen) atoms. The van der Waals surface area contributed by atoms with Gasteiger partial charge in [0.1, 0.15) is 11.3 Å². The Morgan fingerprint density at radius 2 is 1.88 bits per heavy atom. The minimum Gasteiger partial charge on any atom is -0.493 e. The number of rotatable bonds is 5. The highest BCUT2D eigenvalue weighted by Crippen LogP contribution is 2.49. The average molecular weight is 431 g/mol. The summed E-state index contributed by atoms with van der Waals surface area (Å²) in [4.78, 5) is 16.7. The van der Waals surface area contributed by atoms with E-state index in [1.807, 2.05) is 47.5 Å². The van der Waals surface area contributed by atoms with Gasteiger partial charge in [-0.2, -0.15) is 5.10 Å². The number of pyridine rings is 1. The molecule has 2 aliphatic rings. The molecule has 0 amide bonds. The fourth-order valence-electron chi connectivity index (χ4n) is 4.30. The number of aromatic nitrogens is 1. The predicted molar refractivity (Wildman–Crippen MR) is 116 cm³/mol. The van der Waals surface area contributed by atoms with Gasteiger partial charge >= 0.3 is 5.97 Å². The number of methoxy groups -OCH3 is 2. The van der Waals surface area contributed by atoms with Crippen LogP contribution in [0.5, 0.6) is 17.2 Å². The molecular weight excluding hydrogens is 410 g/mol. The van der Waals surface area contributed by atoms with E-state index in [-0.39, 0.29) is 17.4 Å². The first-order valence-corrected chi connectivity index (χ1v) is 10.1. The maximum absolute atomic E-state index is 12.3. The van der Waals surface area contributed by atoms with Crippen LogP contribution >= 0.6 is 0 Å². The Balaban J connectivity index is 1.67. The number of fused-ring (bicyclic) bond motifs is 3. The Labute approximate surface area is 184 Å². The Kier molecular flexibility index (Phi) is 4.89. The van der Waals surface area contributed by atoms with Crippen LogP contribution in [0.4, 0.5) is 0 Å². The average Bonchev–Trinajstić information content (AvgIpc) is 3.29. The zero-order chi connectivity index (χ0) is 22.2. The summed E-state index contributed by atoms with van der Waals surface area (Å²) < 4.78 is 17.0. The first-order chi connectivity index (χ1) is 15.6. The van der Waals surface area contributed by atoms with E-state index in [2.05, 4.69) is 4.98 Å². The largest absolute Gasteiger partial charge is 0.493 e. The second-order valence-electron chi connectivity index (χ2n) is 7.44. The van der Waals surface area contributed by atoms with Gasteiger partial charge in [-0.05, 0) is 30.3 Å². The van der Waals surface area contributed by atoms with Crippen LogP contribution in [0.1, 0.15) is 45.9 Å². The summed E-state index contributed by atoms with van der Waals surface area (Å²) in [6.45, 7) is 0. The van der Waals surface area contributed by atoms with Crippen LogP contribution in [0.3, 0.4) is 0 Å². The second kappa shape index (κ2) is 7.88. The molecule has 1 N–H and O–H groups in total. The highest BCUT2D eigenvalue weighted by atomic mass is 16.5. The number of hydrogen-bond acceptors (Lipinski definition) is 7. The number of benzene rings is 2. The van der Waals surface area contributed by atoms with Crippen molar-refractivity contribution in [2.45, 2.75) is 18.7 Å². The van der Waals surface area contributed by atoms with E-state index in [9.17, 15) is 9.90 Å². The Morgan fingerprint density at radius 3 is 2.59 bits per heavy atom. The lowest BCUT2D eigenvalue weighted by atomic mass is 9.96. The summed E-state index contributed by atoms with van der Waals surface area (Å²) in [6, 6.07) is 16.7. The van der Waals surface area contributed by atoms with Crippen LogP contribution in [0.15, 0.2) is 65.9 Å². The SMILES string of the molecule is COc1ccc(C2Oc3ccccc3C3CC(c4ccccn4)=NN32)c(C(=O)O)c1OC. The zero-order valence-electron chi connectivity index (χ0n) is 17.6. The van der Waals surface area contributed by atoms with Crippen LogP contribution < -0.4 is 14.2 Å². The molecule has 8 heteroatoms. The Bertz CT molecular complexity index is 1210. The van der Waals surface area contributed by atoms with Crippen molar-refractivity contribution < 1.29 is 24.1 Å². The fourth-order valence-corrected chi connectivity index (χ4v) is 4.30. The third-order valence-electron chi connectivity index (χ3n) is 5.72. The van der Waals surface area contributed by atoms with Gasteiger partial charge < -0.3 is 19.3 Å². The number of carbonyl (C=O) groups is 1. The molecule has 3 heterocycles. The van der Waals surface area contributed by atoms with Crippen LogP contribution in [0.25, 0.3) is 0 Å². The van der Waals surface area contributed by atoms with Gasteiger partial charge in [0.2, 0.25) is 6.23 Å². The molecule has 0 spiro atoms. The Morgan fingerprint density at radius 1 is 1.06 bits per heavy atom. The smallest absolute Gasteiger partial charge is 0.340 e.